The Bertz CT molecular complexity index is 635. The van der Waals surface area contributed by atoms with Crippen LogP contribution in [0.25, 0.3) is 0 Å². The monoisotopic (exact) mass is 427 g/mol. The van der Waals surface area contributed by atoms with Gasteiger partial charge in [0.05, 0.1) is 11.6 Å². The van der Waals surface area contributed by atoms with Crippen molar-refractivity contribution in [1.82, 2.24) is 4.72 Å². The second-order valence-electron chi connectivity index (χ2n) is 8.97. The number of halogens is 1. The van der Waals surface area contributed by atoms with Gasteiger partial charge in [0.25, 0.3) is 0 Å². The lowest BCUT2D eigenvalue weighted by atomic mass is 9.65. The predicted octanol–water partition coefficient (Wildman–Crippen LogP) is 5.06. The van der Waals surface area contributed by atoms with Crippen molar-refractivity contribution < 1.29 is 9.29 Å². The molecule has 0 saturated heterocycles. The average molecular weight is 428 g/mol. The highest BCUT2D eigenvalue weighted by atomic mass is 79.9. The molecule has 1 saturated carbocycles. The SMILES string of the molecule is CO[C@]1(C)CC[C@@]2(CC1)Cc1ccc(Br)cc1C2N[S+]([O-])C(C)(C)C. The van der Waals surface area contributed by atoms with E-state index < -0.39 is 11.4 Å². The van der Waals surface area contributed by atoms with Crippen LogP contribution in [-0.4, -0.2) is 22.0 Å². The molecule has 25 heavy (non-hydrogen) atoms. The Hall–Kier alpha value is -0.0700. The number of nitrogens with one attached hydrogen (secondary N) is 1. The maximum atomic E-state index is 12.9. The third-order valence-corrected chi connectivity index (χ3v) is 8.21. The fraction of sp³-hybridized carbons (Fsp3) is 0.700. The Morgan fingerprint density at radius 2 is 1.88 bits per heavy atom. The van der Waals surface area contributed by atoms with Gasteiger partial charge in [0.15, 0.2) is 0 Å². The first-order chi connectivity index (χ1) is 11.6. The van der Waals surface area contributed by atoms with Crippen LogP contribution >= 0.6 is 15.9 Å². The van der Waals surface area contributed by atoms with Crippen LogP contribution in [0.1, 0.15) is 70.5 Å². The van der Waals surface area contributed by atoms with Crippen LogP contribution in [0.5, 0.6) is 0 Å². The van der Waals surface area contributed by atoms with E-state index in [2.05, 4.69) is 45.8 Å². The summed E-state index contributed by atoms with van der Waals surface area (Å²) in [7, 11) is 1.82. The summed E-state index contributed by atoms with van der Waals surface area (Å²) in [6.07, 6.45) is 5.37. The molecule has 140 valence electrons. The van der Waals surface area contributed by atoms with Crippen LogP contribution in [0.3, 0.4) is 0 Å². The fourth-order valence-corrected chi connectivity index (χ4v) is 5.55. The van der Waals surface area contributed by atoms with Gasteiger partial charge in [0, 0.05) is 22.9 Å². The summed E-state index contributed by atoms with van der Waals surface area (Å²) < 4.78 is 23.0. The molecule has 0 aliphatic heterocycles. The Morgan fingerprint density at radius 3 is 2.44 bits per heavy atom. The normalized spacial score (nSPS) is 33.5. The molecular weight excluding hydrogens is 398 g/mol. The zero-order chi connectivity index (χ0) is 18.5. The smallest absolute Gasteiger partial charge is 0.136 e. The molecule has 0 aromatic heterocycles. The summed E-state index contributed by atoms with van der Waals surface area (Å²) in [6, 6.07) is 6.71. The lowest BCUT2D eigenvalue weighted by molar-refractivity contribution is -0.0577. The lowest BCUT2D eigenvalue weighted by Crippen LogP contribution is -2.48. The standard InChI is InChI=1S/C20H30BrNO2S/c1-18(2,3)25(23)22-17-16-12-15(21)7-6-14(16)13-20(17)10-8-19(4,24-5)9-11-20/h6-7,12,17,22H,8-11,13H2,1-5H3/t17?,19-,20-,25?. The average Bonchev–Trinajstić information content (AvgIpc) is 2.83. The van der Waals surface area contributed by atoms with Crippen molar-refractivity contribution in [2.75, 3.05) is 7.11 Å². The fourth-order valence-electron chi connectivity index (χ4n) is 4.23. The van der Waals surface area contributed by atoms with Gasteiger partial charge in [-0.25, -0.2) is 0 Å². The molecule has 0 bridgehead atoms. The molecule has 1 aromatic rings. The molecule has 1 N–H and O–H groups in total. The summed E-state index contributed by atoms with van der Waals surface area (Å²) in [5.74, 6) is 0. The highest BCUT2D eigenvalue weighted by Crippen LogP contribution is 2.56. The summed E-state index contributed by atoms with van der Waals surface area (Å²) in [4.78, 5) is 0. The first-order valence-electron chi connectivity index (χ1n) is 9.10. The highest BCUT2D eigenvalue weighted by molar-refractivity contribution is 9.10. The van der Waals surface area contributed by atoms with E-state index in [1.165, 1.54) is 11.1 Å². The second-order valence-corrected chi connectivity index (χ2v) is 11.9. The number of fused-ring (bicyclic) bond motifs is 1. The largest absolute Gasteiger partial charge is 0.598 e. The van der Waals surface area contributed by atoms with Crippen molar-refractivity contribution in [3.05, 3.63) is 33.8 Å². The van der Waals surface area contributed by atoms with Gasteiger partial charge in [-0.15, -0.1) is 4.72 Å². The molecule has 1 spiro atoms. The maximum absolute atomic E-state index is 12.9. The third-order valence-electron chi connectivity index (χ3n) is 6.15. The molecule has 1 fully saturated rings. The molecule has 3 nitrogen and oxygen atoms in total. The van der Waals surface area contributed by atoms with Gasteiger partial charge in [-0.2, -0.15) is 0 Å². The number of methoxy groups -OCH3 is 1. The summed E-state index contributed by atoms with van der Waals surface area (Å²) >= 11 is 2.53. The van der Waals surface area contributed by atoms with E-state index >= 15 is 0 Å². The minimum atomic E-state index is -1.09. The lowest BCUT2D eigenvalue weighted by Gasteiger charge is -2.46. The molecule has 2 atom stereocenters. The van der Waals surface area contributed by atoms with Crippen molar-refractivity contribution in [2.45, 2.75) is 76.2 Å². The van der Waals surface area contributed by atoms with Gasteiger partial charge >= 0.3 is 0 Å². The van der Waals surface area contributed by atoms with E-state index in [1.54, 1.807) is 0 Å². The number of ether oxygens (including phenoxy) is 1. The molecule has 0 heterocycles. The van der Waals surface area contributed by atoms with Crippen molar-refractivity contribution in [3.8, 4) is 0 Å². The van der Waals surface area contributed by atoms with Gasteiger partial charge in [0.2, 0.25) is 0 Å². The molecule has 2 aliphatic carbocycles. The van der Waals surface area contributed by atoms with E-state index in [1.807, 2.05) is 27.9 Å². The molecule has 0 amide bonds. The second kappa shape index (κ2) is 6.83. The predicted molar refractivity (Wildman–Crippen MR) is 108 cm³/mol. The number of benzene rings is 1. The van der Waals surface area contributed by atoms with Crippen LogP contribution in [0, 0.1) is 5.41 Å². The van der Waals surface area contributed by atoms with Gasteiger partial charge in [-0.05, 0) is 88.5 Å². The zero-order valence-corrected chi connectivity index (χ0v) is 18.4. The van der Waals surface area contributed by atoms with E-state index in [-0.39, 0.29) is 21.8 Å². The third kappa shape index (κ3) is 3.81. The van der Waals surface area contributed by atoms with Crippen LogP contribution in [-0.2, 0) is 22.5 Å². The Labute approximate surface area is 163 Å². The van der Waals surface area contributed by atoms with Gasteiger partial charge < -0.3 is 9.29 Å². The van der Waals surface area contributed by atoms with Crippen molar-refractivity contribution in [1.29, 1.82) is 0 Å². The Balaban J connectivity index is 1.93. The van der Waals surface area contributed by atoms with Crippen molar-refractivity contribution in [2.24, 2.45) is 5.41 Å². The minimum Gasteiger partial charge on any atom is -0.598 e. The molecule has 0 radical (unpaired) electrons. The van der Waals surface area contributed by atoms with Crippen molar-refractivity contribution in [3.63, 3.8) is 0 Å². The number of hydrogen-bond donors (Lipinski definition) is 1. The van der Waals surface area contributed by atoms with Gasteiger partial charge in [-0.1, -0.05) is 22.0 Å². The first-order valence-corrected chi connectivity index (χ1v) is 11.0. The number of hydrogen-bond acceptors (Lipinski definition) is 3. The summed E-state index contributed by atoms with van der Waals surface area (Å²) in [6.45, 7) is 8.31. The van der Waals surface area contributed by atoms with E-state index in [0.717, 1.165) is 36.6 Å². The highest BCUT2D eigenvalue weighted by Gasteiger charge is 2.52. The maximum Gasteiger partial charge on any atom is 0.136 e. The van der Waals surface area contributed by atoms with Crippen LogP contribution in [0.4, 0.5) is 0 Å². The van der Waals surface area contributed by atoms with Crippen molar-refractivity contribution >= 4 is 27.3 Å². The molecule has 2 unspecified atom stereocenters. The van der Waals surface area contributed by atoms with E-state index in [0.29, 0.717) is 0 Å². The van der Waals surface area contributed by atoms with E-state index in [4.69, 9.17) is 4.74 Å². The Kier molecular flexibility index (Phi) is 5.38. The quantitative estimate of drug-likeness (QED) is 0.685. The van der Waals surface area contributed by atoms with Crippen LogP contribution in [0.15, 0.2) is 22.7 Å². The van der Waals surface area contributed by atoms with Crippen LogP contribution < -0.4 is 4.72 Å². The molecule has 5 heteroatoms. The summed E-state index contributed by atoms with van der Waals surface area (Å²) in [5, 5.41) is 0. The van der Waals surface area contributed by atoms with E-state index in [9.17, 15) is 4.55 Å². The summed E-state index contributed by atoms with van der Waals surface area (Å²) in [5.41, 5.74) is 2.83. The van der Waals surface area contributed by atoms with Gasteiger partial charge in [-0.3, -0.25) is 0 Å². The molecule has 3 rings (SSSR count). The molecule has 1 aromatic carbocycles. The van der Waals surface area contributed by atoms with Crippen LogP contribution in [0.2, 0.25) is 0 Å². The number of rotatable bonds is 3. The van der Waals surface area contributed by atoms with Gasteiger partial charge in [0.1, 0.15) is 4.75 Å². The molecular formula is C20H30BrNO2S. The Morgan fingerprint density at radius 1 is 1.24 bits per heavy atom. The first kappa shape index (κ1) is 19.7. The topological polar surface area (TPSA) is 44.3 Å². The zero-order valence-electron chi connectivity index (χ0n) is 15.9. The minimum absolute atomic E-state index is 0.0195. The molecule has 2 aliphatic rings.